The van der Waals surface area contributed by atoms with Crippen LogP contribution in [0.5, 0.6) is 0 Å². The third kappa shape index (κ3) is 4.22. The van der Waals surface area contributed by atoms with Crippen molar-refractivity contribution in [2.45, 2.75) is 33.2 Å². The fourth-order valence-corrected chi connectivity index (χ4v) is 3.21. The molecule has 1 saturated heterocycles. The summed E-state index contributed by atoms with van der Waals surface area (Å²) in [5, 5.41) is 3.03. The molecule has 0 saturated carbocycles. The smallest absolute Gasteiger partial charge is 0.293 e. The monoisotopic (exact) mass is 354 g/mol. The highest BCUT2D eigenvalue weighted by Gasteiger charge is 2.24. The van der Waals surface area contributed by atoms with Gasteiger partial charge in [0.15, 0.2) is 11.9 Å². The van der Waals surface area contributed by atoms with Crippen LogP contribution in [0.1, 0.15) is 31.1 Å². The first-order chi connectivity index (χ1) is 12.6. The summed E-state index contributed by atoms with van der Waals surface area (Å²) in [6, 6.07) is 12.0. The molecule has 2 heterocycles. The average molecular weight is 354 g/mol. The standard InChI is InChI=1S/C21H27N3O2/c1-4-18-6-5-16(2)24(15-18)17(3)21(25)22-19-7-9-20(10-8-19)23-11-13-26-14-12-23/h5-10,15,17H,4,11-14H2,1-3H3/p+1/t17-/m0/s1. The molecule has 1 fully saturated rings. The number of aromatic nitrogens is 1. The number of amides is 1. The topological polar surface area (TPSA) is 45.5 Å². The number of morpholine rings is 1. The average Bonchev–Trinajstić information content (AvgIpc) is 2.69. The Bertz CT molecular complexity index is 752. The Kier molecular flexibility index (Phi) is 5.89. The highest BCUT2D eigenvalue weighted by Crippen LogP contribution is 2.19. The number of aryl methyl sites for hydroxylation is 2. The van der Waals surface area contributed by atoms with Crippen molar-refractivity contribution in [3.63, 3.8) is 0 Å². The van der Waals surface area contributed by atoms with E-state index in [-0.39, 0.29) is 11.9 Å². The number of ether oxygens (including phenoxy) is 1. The number of carbonyl (C=O) groups is 1. The van der Waals surface area contributed by atoms with Crippen LogP contribution in [-0.4, -0.2) is 32.2 Å². The third-order valence-electron chi connectivity index (χ3n) is 4.97. The zero-order valence-electron chi connectivity index (χ0n) is 15.9. The maximum Gasteiger partial charge on any atom is 0.293 e. The Hall–Kier alpha value is -2.40. The minimum atomic E-state index is -0.264. The molecule has 0 spiro atoms. The van der Waals surface area contributed by atoms with Gasteiger partial charge in [0.1, 0.15) is 0 Å². The van der Waals surface area contributed by atoms with E-state index in [2.05, 4.69) is 47.6 Å². The zero-order valence-corrected chi connectivity index (χ0v) is 15.9. The molecule has 1 aliphatic rings. The van der Waals surface area contributed by atoms with Crippen LogP contribution in [0.25, 0.3) is 0 Å². The number of carbonyl (C=O) groups excluding carboxylic acids is 1. The van der Waals surface area contributed by atoms with Gasteiger partial charge >= 0.3 is 0 Å². The normalized spacial score (nSPS) is 15.6. The molecule has 1 aromatic carbocycles. The minimum Gasteiger partial charge on any atom is -0.378 e. The third-order valence-corrected chi connectivity index (χ3v) is 4.97. The van der Waals surface area contributed by atoms with Crippen LogP contribution in [0.15, 0.2) is 42.6 Å². The van der Waals surface area contributed by atoms with E-state index in [9.17, 15) is 4.79 Å². The molecule has 5 heteroatoms. The van der Waals surface area contributed by atoms with Crippen LogP contribution >= 0.6 is 0 Å². The quantitative estimate of drug-likeness (QED) is 0.840. The van der Waals surface area contributed by atoms with Crippen LogP contribution in [0, 0.1) is 6.92 Å². The number of pyridine rings is 1. The molecule has 1 aliphatic heterocycles. The van der Waals surface area contributed by atoms with Gasteiger partial charge in [0.25, 0.3) is 5.91 Å². The van der Waals surface area contributed by atoms with Gasteiger partial charge in [-0.1, -0.05) is 6.92 Å². The van der Waals surface area contributed by atoms with E-state index in [1.165, 1.54) is 11.3 Å². The van der Waals surface area contributed by atoms with Gasteiger partial charge in [0, 0.05) is 49.9 Å². The second-order valence-corrected chi connectivity index (χ2v) is 6.75. The SMILES string of the molecule is CCc1ccc(C)[n+]([C@@H](C)C(=O)Nc2ccc(N3CCOCC3)cc2)c1. The lowest BCUT2D eigenvalue weighted by Gasteiger charge is -2.28. The lowest BCUT2D eigenvalue weighted by atomic mass is 10.1. The first-order valence-corrected chi connectivity index (χ1v) is 9.32. The van der Waals surface area contributed by atoms with Gasteiger partial charge in [0.2, 0.25) is 6.04 Å². The van der Waals surface area contributed by atoms with Gasteiger partial charge in [-0.15, -0.1) is 0 Å². The summed E-state index contributed by atoms with van der Waals surface area (Å²) >= 11 is 0. The maximum atomic E-state index is 12.7. The van der Waals surface area contributed by atoms with Gasteiger partial charge in [-0.05, 0) is 36.8 Å². The molecular weight excluding hydrogens is 326 g/mol. The van der Waals surface area contributed by atoms with Crippen molar-refractivity contribution in [2.75, 3.05) is 36.5 Å². The summed E-state index contributed by atoms with van der Waals surface area (Å²) in [6.07, 6.45) is 3.03. The number of anilines is 2. The zero-order chi connectivity index (χ0) is 18.5. The Morgan fingerprint density at radius 1 is 1.19 bits per heavy atom. The van der Waals surface area contributed by atoms with Crippen molar-refractivity contribution in [3.8, 4) is 0 Å². The highest BCUT2D eigenvalue weighted by atomic mass is 16.5. The van der Waals surface area contributed by atoms with E-state index in [4.69, 9.17) is 4.74 Å². The number of rotatable bonds is 5. The van der Waals surface area contributed by atoms with Gasteiger partial charge < -0.3 is 15.0 Å². The number of nitrogens with zero attached hydrogens (tertiary/aromatic N) is 2. The van der Waals surface area contributed by atoms with Crippen molar-refractivity contribution in [3.05, 3.63) is 53.9 Å². The largest absolute Gasteiger partial charge is 0.378 e. The summed E-state index contributed by atoms with van der Waals surface area (Å²) in [7, 11) is 0. The fourth-order valence-electron chi connectivity index (χ4n) is 3.21. The molecule has 138 valence electrons. The van der Waals surface area contributed by atoms with E-state index in [0.717, 1.165) is 44.1 Å². The van der Waals surface area contributed by atoms with E-state index in [0.29, 0.717) is 0 Å². The number of hydrogen-bond donors (Lipinski definition) is 1. The summed E-state index contributed by atoms with van der Waals surface area (Å²) in [5.74, 6) is -0.00882. The van der Waals surface area contributed by atoms with Crippen LogP contribution in [0.2, 0.25) is 0 Å². The van der Waals surface area contributed by atoms with Gasteiger partial charge in [-0.2, -0.15) is 4.57 Å². The number of nitrogens with one attached hydrogen (secondary N) is 1. The predicted molar refractivity (Wildman–Crippen MR) is 104 cm³/mol. The van der Waals surface area contributed by atoms with Crippen LogP contribution in [0.4, 0.5) is 11.4 Å². The number of hydrogen-bond acceptors (Lipinski definition) is 3. The van der Waals surface area contributed by atoms with E-state index in [1.54, 1.807) is 0 Å². The Balaban J connectivity index is 1.67. The molecule has 0 radical (unpaired) electrons. The van der Waals surface area contributed by atoms with Gasteiger partial charge in [-0.3, -0.25) is 4.79 Å². The van der Waals surface area contributed by atoms with Crippen molar-refractivity contribution in [1.82, 2.24) is 0 Å². The van der Waals surface area contributed by atoms with Crippen molar-refractivity contribution < 1.29 is 14.1 Å². The first-order valence-electron chi connectivity index (χ1n) is 9.32. The van der Waals surface area contributed by atoms with Gasteiger partial charge in [0.05, 0.1) is 13.2 Å². The van der Waals surface area contributed by atoms with Crippen molar-refractivity contribution >= 4 is 17.3 Å². The van der Waals surface area contributed by atoms with E-state index < -0.39 is 0 Å². The lowest BCUT2D eigenvalue weighted by Crippen LogP contribution is -2.47. The van der Waals surface area contributed by atoms with Crippen molar-refractivity contribution in [1.29, 1.82) is 0 Å². The maximum absolute atomic E-state index is 12.7. The summed E-state index contributed by atoms with van der Waals surface area (Å²) in [6.45, 7) is 9.44. The molecule has 1 amide bonds. The Morgan fingerprint density at radius 2 is 1.88 bits per heavy atom. The summed E-state index contributed by atoms with van der Waals surface area (Å²) in [5.41, 5.74) is 4.29. The number of benzene rings is 1. The second kappa shape index (κ2) is 8.32. The molecule has 1 aromatic heterocycles. The predicted octanol–water partition coefficient (Wildman–Crippen LogP) is 2.88. The Morgan fingerprint density at radius 3 is 2.54 bits per heavy atom. The minimum absolute atomic E-state index is 0.00882. The van der Waals surface area contributed by atoms with Crippen LogP contribution < -0.4 is 14.8 Å². The van der Waals surface area contributed by atoms with Crippen molar-refractivity contribution in [2.24, 2.45) is 0 Å². The highest BCUT2D eigenvalue weighted by molar-refractivity contribution is 5.92. The lowest BCUT2D eigenvalue weighted by molar-refractivity contribution is -0.711. The summed E-state index contributed by atoms with van der Waals surface area (Å²) < 4.78 is 7.43. The molecule has 1 atom stereocenters. The molecular formula is C21H28N3O2+. The molecule has 0 bridgehead atoms. The molecule has 0 unspecified atom stereocenters. The van der Waals surface area contributed by atoms with Crippen LogP contribution in [-0.2, 0) is 16.0 Å². The molecule has 26 heavy (non-hydrogen) atoms. The molecule has 3 rings (SSSR count). The molecule has 2 aromatic rings. The molecule has 5 nitrogen and oxygen atoms in total. The molecule has 0 aliphatic carbocycles. The second-order valence-electron chi connectivity index (χ2n) is 6.75. The molecule has 1 N–H and O–H groups in total. The van der Waals surface area contributed by atoms with Gasteiger partial charge in [-0.25, -0.2) is 0 Å². The van der Waals surface area contributed by atoms with Crippen LogP contribution in [0.3, 0.4) is 0 Å². The summed E-state index contributed by atoms with van der Waals surface area (Å²) in [4.78, 5) is 15.0. The van der Waals surface area contributed by atoms with E-state index >= 15 is 0 Å². The first kappa shape index (κ1) is 18.4. The fraction of sp³-hybridized carbons (Fsp3) is 0.429. The van der Waals surface area contributed by atoms with E-state index in [1.807, 2.05) is 30.5 Å². The Labute approximate surface area is 155 Å².